The van der Waals surface area contributed by atoms with Crippen molar-refractivity contribution in [2.45, 2.75) is 13.3 Å². The molecule has 0 bridgehead atoms. The number of Topliss-reactive ketones (excluding diaryl/α,β-unsaturated/α-hetero) is 1. The lowest BCUT2D eigenvalue weighted by Crippen LogP contribution is -2.03. The molecule has 0 N–H and O–H groups in total. The Hall–Kier alpha value is -1.19. The minimum absolute atomic E-state index is 0.0107. The summed E-state index contributed by atoms with van der Waals surface area (Å²) in [6.07, 6.45) is 0.281. The molecule has 0 aliphatic carbocycles. The number of hydrogen-bond acceptors (Lipinski definition) is 2. The fourth-order valence-corrected chi connectivity index (χ4v) is 2.56. The second kappa shape index (κ2) is 4.98. The number of halogens is 2. The summed E-state index contributed by atoms with van der Waals surface area (Å²) in [7, 11) is 0. The molecule has 0 unspecified atom stereocenters. The van der Waals surface area contributed by atoms with Gasteiger partial charge in [0.1, 0.15) is 5.82 Å². The molecule has 0 aliphatic heterocycles. The van der Waals surface area contributed by atoms with Gasteiger partial charge < -0.3 is 0 Å². The van der Waals surface area contributed by atoms with E-state index in [1.165, 1.54) is 23.5 Å². The van der Waals surface area contributed by atoms with Crippen molar-refractivity contribution in [1.29, 1.82) is 0 Å². The summed E-state index contributed by atoms with van der Waals surface area (Å²) < 4.78 is 13.5. The Kier molecular flexibility index (Phi) is 3.60. The number of hydrogen-bond donors (Lipinski definition) is 0. The van der Waals surface area contributed by atoms with Gasteiger partial charge in [0.15, 0.2) is 5.78 Å². The zero-order chi connectivity index (χ0) is 12.4. The third-order valence-corrected chi connectivity index (χ3v) is 3.78. The highest BCUT2D eigenvalue weighted by atomic mass is 35.5. The first-order valence-electron chi connectivity index (χ1n) is 5.10. The second-order valence-corrected chi connectivity index (χ2v) is 5.49. The Morgan fingerprint density at radius 1 is 1.35 bits per heavy atom. The summed E-state index contributed by atoms with van der Waals surface area (Å²) in [5.41, 5.74) is 1.64. The van der Waals surface area contributed by atoms with Crippen LogP contribution in [0.2, 0.25) is 4.34 Å². The second-order valence-electron chi connectivity index (χ2n) is 3.77. The Balaban J connectivity index is 2.18. The monoisotopic (exact) mass is 268 g/mol. The van der Waals surface area contributed by atoms with E-state index in [2.05, 4.69) is 0 Å². The lowest BCUT2D eigenvalue weighted by Gasteiger charge is -2.04. The van der Waals surface area contributed by atoms with Crippen molar-refractivity contribution >= 4 is 28.7 Å². The van der Waals surface area contributed by atoms with Gasteiger partial charge in [0.25, 0.3) is 0 Å². The van der Waals surface area contributed by atoms with E-state index in [1.807, 2.05) is 0 Å². The topological polar surface area (TPSA) is 17.1 Å². The molecule has 0 saturated carbocycles. The van der Waals surface area contributed by atoms with Crippen LogP contribution < -0.4 is 0 Å². The molecule has 1 heterocycles. The minimum atomic E-state index is -0.280. The first kappa shape index (κ1) is 12.3. The van der Waals surface area contributed by atoms with Crippen LogP contribution in [-0.4, -0.2) is 5.78 Å². The number of carbonyl (C=O) groups excluding carboxylic acids is 1. The van der Waals surface area contributed by atoms with Gasteiger partial charge in [0, 0.05) is 6.42 Å². The zero-order valence-electron chi connectivity index (χ0n) is 9.17. The van der Waals surface area contributed by atoms with Crippen LogP contribution in [0, 0.1) is 12.7 Å². The SMILES string of the molecule is Cc1cc(F)ccc1CC(=O)c1ccc(Cl)s1. The molecule has 0 spiro atoms. The molecule has 1 nitrogen and oxygen atoms in total. The summed E-state index contributed by atoms with van der Waals surface area (Å²) in [5.74, 6) is -0.269. The van der Waals surface area contributed by atoms with Crippen molar-refractivity contribution in [2.24, 2.45) is 0 Å². The Labute approximate surface area is 108 Å². The summed E-state index contributed by atoms with van der Waals surface area (Å²) >= 11 is 7.04. The average Bonchev–Trinajstić information content (AvgIpc) is 2.69. The standard InChI is InChI=1S/C13H10ClFOS/c1-8-6-10(15)3-2-9(8)7-11(16)12-4-5-13(14)17-12/h2-6H,7H2,1H3. The van der Waals surface area contributed by atoms with Crippen LogP contribution in [0.5, 0.6) is 0 Å². The first-order chi connectivity index (χ1) is 8.06. The predicted molar refractivity (Wildman–Crippen MR) is 68.5 cm³/mol. The molecule has 2 rings (SSSR count). The first-order valence-corrected chi connectivity index (χ1v) is 6.29. The molecular weight excluding hydrogens is 259 g/mol. The van der Waals surface area contributed by atoms with E-state index in [0.717, 1.165) is 11.1 Å². The average molecular weight is 269 g/mol. The van der Waals surface area contributed by atoms with Crippen molar-refractivity contribution in [3.8, 4) is 0 Å². The Bertz CT molecular complexity index is 562. The molecular formula is C13H10ClFOS. The van der Waals surface area contributed by atoms with Gasteiger partial charge in [-0.05, 0) is 42.3 Å². The summed E-state index contributed by atoms with van der Waals surface area (Å²) in [6, 6.07) is 7.88. The summed E-state index contributed by atoms with van der Waals surface area (Å²) in [4.78, 5) is 12.6. The molecule has 0 saturated heterocycles. The molecule has 1 aromatic carbocycles. The van der Waals surface area contributed by atoms with Crippen molar-refractivity contribution in [3.05, 3.63) is 56.5 Å². The van der Waals surface area contributed by atoms with Crippen LogP contribution in [0.25, 0.3) is 0 Å². The number of carbonyl (C=O) groups is 1. The van der Waals surface area contributed by atoms with E-state index in [1.54, 1.807) is 25.1 Å². The molecule has 4 heteroatoms. The molecule has 0 amide bonds. The largest absolute Gasteiger partial charge is 0.293 e. The van der Waals surface area contributed by atoms with Gasteiger partial charge in [0.2, 0.25) is 0 Å². The Morgan fingerprint density at radius 2 is 2.12 bits per heavy atom. The highest BCUT2D eigenvalue weighted by Crippen LogP contribution is 2.23. The van der Waals surface area contributed by atoms with Gasteiger partial charge in [-0.1, -0.05) is 17.7 Å². The van der Waals surface area contributed by atoms with E-state index in [0.29, 0.717) is 9.21 Å². The molecule has 0 fully saturated rings. The van der Waals surface area contributed by atoms with Crippen molar-refractivity contribution in [2.75, 3.05) is 0 Å². The highest BCUT2D eigenvalue weighted by Gasteiger charge is 2.11. The zero-order valence-corrected chi connectivity index (χ0v) is 10.7. The smallest absolute Gasteiger partial charge is 0.177 e. The van der Waals surface area contributed by atoms with Crippen LogP contribution >= 0.6 is 22.9 Å². The molecule has 17 heavy (non-hydrogen) atoms. The van der Waals surface area contributed by atoms with Crippen molar-refractivity contribution < 1.29 is 9.18 Å². The fourth-order valence-electron chi connectivity index (χ4n) is 1.58. The quantitative estimate of drug-likeness (QED) is 0.760. The van der Waals surface area contributed by atoms with Crippen LogP contribution in [0.1, 0.15) is 20.8 Å². The van der Waals surface area contributed by atoms with Crippen LogP contribution in [0.4, 0.5) is 4.39 Å². The maximum atomic E-state index is 12.9. The molecule has 0 atom stereocenters. The number of ketones is 1. The maximum absolute atomic E-state index is 12.9. The molecule has 0 radical (unpaired) electrons. The Morgan fingerprint density at radius 3 is 2.71 bits per heavy atom. The minimum Gasteiger partial charge on any atom is -0.293 e. The van der Waals surface area contributed by atoms with Gasteiger partial charge in [-0.3, -0.25) is 4.79 Å². The van der Waals surface area contributed by atoms with Gasteiger partial charge in [-0.25, -0.2) is 4.39 Å². The molecule has 1 aromatic heterocycles. The highest BCUT2D eigenvalue weighted by molar-refractivity contribution is 7.18. The summed E-state index contributed by atoms with van der Waals surface area (Å²) in [5, 5.41) is 0. The lowest BCUT2D eigenvalue weighted by atomic mass is 10.0. The number of rotatable bonds is 3. The third kappa shape index (κ3) is 2.93. The molecule has 88 valence electrons. The lowest BCUT2D eigenvalue weighted by molar-refractivity contribution is 0.0996. The molecule has 2 aromatic rings. The number of aryl methyl sites for hydroxylation is 1. The maximum Gasteiger partial charge on any atom is 0.177 e. The van der Waals surface area contributed by atoms with Crippen molar-refractivity contribution in [3.63, 3.8) is 0 Å². The van der Waals surface area contributed by atoms with E-state index in [-0.39, 0.29) is 18.0 Å². The van der Waals surface area contributed by atoms with Gasteiger partial charge >= 0.3 is 0 Å². The van der Waals surface area contributed by atoms with E-state index < -0.39 is 0 Å². The summed E-state index contributed by atoms with van der Waals surface area (Å²) in [6.45, 7) is 1.80. The number of benzene rings is 1. The van der Waals surface area contributed by atoms with Crippen LogP contribution in [0.3, 0.4) is 0 Å². The van der Waals surface area contributed by atoms with Gasteiger partial charge in [-0.2, -0.15) is 0 Å². The van der Waals surface area contributed by atoms with E-state index in [4.69, 9.17) is 11.6 Å². The third-order valence-electron chi connectivity index (χ3n) is 2.50. The van der Waals surface area contributed by atoms with E-state index >= 15 is 0 Å². The van der Waals surface area contributed by atoms with Crippen LogP contribution in [-0.2, 0) is 6.42 Å². The number of thiophene rings is 1. The predicted octanol–water partition coefficient (Wildman–Crippen LogP) is 4.27. The van der Waals surface area contributed by atoms with Gasteiger partial charge in [-0.15, -0.1) is 11.3 Å². The van der Waals surface area contributed by atoms with E-state index in [9.17, 15) is 9.18 Å². The fraction of sp³-hybridized carbons (Fsp3) is 0.154. The molecule has 0 aliphatic rings. The van der Waals surface area contributed by atoms with Crippen LogP contribution in [0.15, 0.2) is 30.3 Å². The normalized spacial score (nSPS) is 10.5. The van der Waals surface area contributed by atoms with Crippen molar-refractivity contribution in [1.82, 2.24) is 0 Å². The van der Waals surface area contributed by atoms with Gasteiger partial charge in [0.05, 0.1) is 9.21 Å².